The first-order chi connectivity index (χ1) is 16.9. The first kappa shape index (κ1) is 23.6. The molecule has 35 heavy (non-hydrogen) atoms. The highest BCUT2D eigenvalue weighted by molar-refractivity contribution is 7.89. The number of hydrogen-bond acceptors (Lipinski definition) is 4. The number of para-hydroxylation sites is 3. The summed E-state index contributed by atoms with van der Waals surface area (Å²) in [6.07, 6.45) is 1.63. The van der Waals surface area contributed by atoms with Crippen molar-refractivity contribution in [2.24, 2.45) is 5.92 Å². The Bertz CT molecular complexity index is 1420. The molecule has 0 amide bonds. The van der Waals surface area contributed by atoms with Crippen LogP contribution >= 0.6 is 0 Å². The van der Waals surface area contributed by atoms with Gasteiger partial charge in [-0.2, -0.15) is 4.31 Å². The third kappa shape index (κ3) is 4.97. The molecular weight excluding hydrogens is 458 g/mol. The van der Waals surface area contributed by atoms with E-state index in [2.05, 4.69) is 10.6 Å². The van der Waals surface area contributed by atoms with Gasteiger partial charge < -0.3 is 9.30 Å². The van der Waals surface area contributed by atoms with Crippen LogP contribution in [0.25, 0.3) is 11.0 Å². The van der Waals surface area contributed by atoms with Crippen LogP contribution in [-0.4, -0.2) is 35.4 Å². The molecule has 4 aromatic rings. The molecule has 1 aliphatic rings. The topological polar surface area (TPSA) is 64.4 Å². The first-order valence-corrected chi connectivity index (χ1v) is 13.6. The zero-order chi connectivity index (χ0) is 24.4. The van der Waals surface area contributed by atoms with Gasteiger partial charge in [0.25, 0.3) is 0 Å². The molecule has 0 aliphatic carbocycles. The highest BCUT2D eigenvalue weighted by Gasteiger charge is 2.31. The molecule has 0 spiro atoms. The largest absolute Gasteiger partial charge is 0.486 e. The van der Waals surface area contributed by atoms with Crippen molar-refractivity contribution in [3.63, 3.8) is 0 Å². The van der Waals surface area contributed by atoms with Crippen molar-refractivity contribution < 1.29 is 13.2 Å². The lowest BCUT2D eigenvalue weighted by Crippen LogP contribution is -2.39. The number of nitrogens with zero attached hydrogens (tertiary/aromatic N) is 3. The Morgan fingerprint density at radius 1 is 0.943 bits per heavy atom. The van der Waals surface area contributed by atoms with Gasteiger partial charge >= 0.3 is 0 Å². The summed E-state index contributed by atoms with van der Waals surface area (Å²) >= 11 is 0. The van der Waals surface area contributed by atoms with E-state index in [1.807, 2.05) is 74.5 Å². The zero-order valence-electron chi connectivity index (χ0n) is 20.2. The van der Waals surface area contributed by atoms with E-state index in [0.29, 0.717) is 30.5 Å². The third-order valence-corrected chi connectivity index (χ3v) is 8.86. The molecule has 0 bridgehead atoms. The number of sulfonamides is 1. The number of benzene rings is 3. The van der Waals surface area contributed by atoms with Gasteiger partial charge in [-0.05, 0) is 74.1 Å². The quantitative estimate of drug-likeness (QED) is 0.352. The fourth-order valence-electron chi connectivity index (χ4n) is 4.82. The van der Waals surface area contributed by atoms with Gasteiger partial charge in [-0.25, -0.2) is 13.4 Å². The Hall–Kier alpha value is -3.16. The molecule has 3 aromatic carbocycles. The molecule has 2 heterocycles. The van der Waals surface area contributed by atoms with Crippen LogP contribution in [0.4, 0.5) is 0 Å². The number of aromatic nitrogens is 2. The summed E-state index contributed by atoms with van der Waals surface area (Å²) in [5, 5.41) is 0. The maximum absolute atomic E-state index is 13.3. The molecule has 0 radical (unpaired) electrons. The number of aryl methyl sites for hydroxylation is 2. The number of ether oxygens (including phenoxy) is 1. The van der Waals surface area contributed by atoms with E-state index in [-0.39, 0.29) is 0 Å². The maximum Gasteiger partial charge on any atom is 0.243 e. The second-order valence-corrected chi connectivity index (χ2v) is 11.3. The number of piperidine rings is 1. The lowest BCUT2D eigenvalue weighted by Gasteiger charge is -2.32. The summed E-state index contributed by atoms with van der Waals surface area (Å²) in [4.78, 5) is 5.26. The monoisotopic (exact) mass is 489 g/mol. The van der Waals surface area contributed by atoms with E-state index in [9.17, 15) is 8.42 Å². The fourth-order valence-corrected chi connectivity index (χ4v) is 6.60. The van der Waals surface area contributed by atoms with E-state index in [1.54, 1.807) is 10.4 Å². The number of fused-ring (bicyclic) bond motifs is 1. The van der Waals surface area contributed by atoms with Gasteiger partial charge in [-0.1, -0.05) is 42.5 Å². The molecule has 182 valence electrons. The molecule has 1 fully saturated rings. The standard InChI is InChI=1S/C28H31N3O3S/c1-21-12-13-22(2)27(18-21)35(32,33)30-16-14-23(15-17-30)19-31-26-11-7-6-10-25(26)29-28(31)20-34-24-8-4-3-5-9-24/h3-13,18,23H,14-17,19-20H2,1-2H3. The molecule has 5 rings (SSSR count). The lowest BCUT2D eigenvalue weighted by molar-refractivity contribution is 0.244. The average Bonchev–Trinajstić information content (AvgIpc) is 3.22. The van der Waals surface area contributed by atoms with Crippen molar-refractivity contribution in [1.82, 2.24) is 13.9 Å². The van der Waals surface area contributed by atoms with Gasteiger partial charge in [-0.15, -0.1) is 0 Å². The van der Waals surface area contributed by atoms with Crippen LogP contribution < -0.4 is 4.74 Å². The smallest absolute Gasteiger partial charge is 0.243 e. The van der Waals surface area contributed by atoms with E-state index < -0.39 is 10.0 Å². The Balaban J connectivity index is 1.31. The first-order valence-electron chi connectivity index (χ1n) is 12.1. The van der Waals surface area contributed by atoms with Crippen LogP contribution in [0.5, 0.6) is 5.75 Å². The van der Waals surface area contributed by atoms with Crippen LogP contribution in [0.2, 0.25) is 0 Å². The van der Waals surface area contributed by atoms with Crippen molar-refractivity contribution in [3.8, 4) is 5.75 Å². The number of imidazole rings is 1. The summed E-state index contributed by atoms with van der Waals surface area (Å²) in [6.45, 7) is 6.04. The summed E-state index contributed by atoms with van der Waals surface area (Å²) in [5.74, 6) is 2.07. The van der Waals surface area contributed by atoms with Gasteiger partial charge in [0.15, 0.2) is 0 Å². The van der Waals surface area contributed by atoms with Crippen molar-refractivity contribution in [1.29, 1.82) is 0 Å². The molecule has 6 nitrogen and oxygen atoms in total. The van der Waals surface area contributed by atoms with Crippen LogP contribution in [0.1, 0.15) is 29.8 Å². The summed E-state index contributed by atoms with van der Waals surface area (Å²) < 4.78 is 36.6. The maximum atomic E-state index is 13.3. The third-order valence-electron chi connectivity index (χ3n) is 6.82. The summed E-state index contributed by atoms with van der Waals surface area (Å²) in [5.41, 5.74) is 3.80. The highest BCUT2D eigenvalue weighted by atomic mass is 32.2. The van der Waals surface area contributed by atoms with Gasteiger partial charge in [0.05, 0.1) is 15.9 Å². The zero-order valence-corrected chi connectivity index (χ0v) is 21.0. The van der Waals surface area contributed by atoms with Crippen molar-refractivity contribution in [2.75, 3.05) is 13.1 Å². The van der Waals surface area contributed by atoms with Gasteiger partial charge in [-0.3, -0.25) is 0 Å². The van der Waals surface area contributed by atoms with Gasteiger partial charge in [0.2, 0.25) is 10.0 Å². The van der Waals surface area contributed by atoms with E-state index in [4.69, 9.17) is 9.72 Å². The normalized spacial score (nSPS) is 15.5. The summed E-state index contributed by atoms with van der Waals surface area (Å²) in [7, 11) is -3.49. The molecule has 0 saturated carbocycles. The van der Waals surface area contributed by atoms with E-state index in [0.717, 1.165) is 53.1 Å². The van der Waals surface area contributed by atoms with Crippen LogP contribution in [0.3, 0.4) is 0 Å². The molecule has 0 unspecified atom stereocenters. The minimum absolute atomic E-state index is 0.369. The Morgan fingerprint density at radius 2 is 1.66 bits per heavy atom. The highest BCUT2D eigenvalue weighted by Crippen LogP contribution is 2.29. The second-order valence-electron chi connectivity index (χ2n) is 9.35. The van der Waals surface area contributed by atoms with Crippen molar-refractivity contribution in [3.05, 3.63) is 89.7 Å². The SMILES string of the molecule is Cc1ccc(C)c(S(=O)(=O)N2CCC(Cn3c(COc4ccccc4)nc4ccccc43)CC2)c1. The summed E-state index contributed by atoms with van der Waals surface area (Å²) in [6, 6.07) is 23.5. The predicted octanol–water partition coefficient (Wildman–Crippen LogP) is 5.33. The minimum atomic E-state index is -3.49. The van der Waals surface area contributed by atoms with Crippen molar-refractivity contribution >= 4 is 21.1 Å². The molecule has 0 atom stereocenters. The average molecular weight is 490 g/mol. The second kappa shape index (κ2) is 9.84. The lowest BCUT2D eigenvalue weighted by atomic mass is 9.98. The predicted molar refractivity (Wildman–Crippen MR) is 138 cm³/mol. The van der Waals surface area contributed by atoms with Gasteiger partial charge in [0, 0.05) is 19.6 Å². The number of rotatable bonds is 7. The molecule has 1 saturated heterocycles. The van der Waals surface area contributed by atoms with Crippen LogP contribution in [0, 0.1) is 19.8 Å². The van der Waals surface area contributed by atoms with E-state index in [1.165, 1.54) is 0 Å². The Labute approximate surface area is 207 Å². The van der Waals surface area contributed by atoms with Crippen molar-refractivity contribution in [2.45, 2.75) is 44.7 Å². The number of hydrogen-bond donors (Lipinski definition) is 0. The van der Waals surface area contributed by atoms with Crippen LogP contribution in [-0.2, 0) is 23.2 Å². The molecule has 0 N–H and O–H groups in total. The van der Waals surface area contributed by atoms with Gasteiger partial charge in [0.1, 0.15) is 18.2 Å². The molecular formula is C28H31N3O3S. The molecule has 1 aliphatic heterocycles. The Morgan fingerprint density at radius 3 is 2.43 bits per heavy atom. The van der Waals surface area contributed by atoms with E-state index >= 15 is 0 Å². The Kier molecular flexibility index (Phi) is 6.62. The molecule has 1 aromatic heterocycles. The molecule has 7 heteroatoms. The fraction of sp³-hybridized carbons (Fsp3) is 0.321. The minimum Gasteiger partial charge on any atom is -0.486 e. The van der Waals surface area contributed by atoms with Crippen LogP contribution in [0.15, 0.2) is 77.7 Å².